The first-order valence-corrected chi connectivity index (χ1v) is 5.83. The number of furan rings is 1. The van der Waals surface area contributed by atoms with Crippen molar-refractivity contribution in [2.45, 2.75) is 26.2 Å². The van der Waals surface area contributed by atoms with E-state index in [2.05, 4.69) is 12.2 Å². The number of nitro groups is 1. The molecule has 0 aliphatic rings. The third-order valence-electron chi connectivity index (χ3n) is 2.27. The molecule has 6 heteroatoms. The van der Waals surface area contributed by atoms with Gasteiger partial charge < -0.3 is 9.73 Å². The van der Waals surface area contributed by atoms with E-state index in [1.54, 1.807) is 0 Å². The Morgan fingerprint density at radius 2 is 2.28 bits per heavy atom. The zero-order valence-electron chi connectivity index (χ0n) is 10.2. The van der Waals surface area contributed by atoms with Gasteiger partial charge in [0, 0.05) is 12.6 Å². The molecule has 1 aromatic rings. The van der Waals surface area contributed by atoms with Gasteiger partial charge in [-0.3, -0.25) is 14.9 Å². The molecular weight excluding hydrogens is 236 g/mol. The van der Waals surface area contributed by atoms with E-state index in [0.717, 1.165) is 19.3 Å². The topological polar surface area (TPSA) is 85.4 Å². The largest absolute Gasteiger partial charge is 0.433 e. The van der Waals surface area contributed by atoms with E-state index in [1.165, 1.54) is 24.3 Å². The molecule has 1 N–H and O–H groups in total. The molecule has 98 valence electrons. The van der Waals surface area contributed by atoms with Crippen molar-refractivity contribution < 1.29 is 14.1 Å². The Hall–Kier alpha value is -2.11. The van der Waals surface area contributed by atoms with Crippen LogP contribution in [-0.2, 0) is 4.79 Å². The molecule has 1 heterocycles. The quantitative estimate of drug-likeness (QED) is 0.349. The van der Waals surface area contributed by atoms with Gasteiger partial charge >= 0.3 is 5.88 Å². The van der Waals surface area contributed by atoms with Gasteiger partial charge in [0.25, 0.3) is 0 Å². The number of carbonyl (C=O) groups is 1. The minimum absolute atomic E-state index is 0.231. The van der Waals surface area contributed by atoms with E-state index in [-0.39, 0.29) is 17.6 Å². The van der Waals surface area contributed by atoms with Crippen molar-refractivity contribution in [3.63, 3.8) is 0 Å². The second kappa shape index (κ2) is 7.26. The maximum Gasteiger partial charge on any atom is 0.433 e. The second-order valence-corrected chi connectivity index (χ2v) is 3.76. The fourth-order valence-corrected chi connectivity index (χ4v) is 1.33. The summed E-state index contributed by atoms with van der Waals surface area (Å²) in [6.45, 7) is 2.72. The molecule has 18 heavy (non-hydrogen) atoms. The first-order valence-electron chi connectivity index (χ1n) is 5.83. The lowest BCUT2D eigenvalue weighted by molar-refractivity contribution is -0.402. The zero-order chi connectivity index (χ0) is 13.4. The van der Waals surface area contributed by atoms with Gasteiger partial charge in [-0.25, -0.2) is 0 Å². The summed E-state index contributed by atoms with van der Waals surface area (Å²) in [5, 5.41) is 13.1. The van der Waals surface area contributed by atoms with E-state index in [0.29, 0.717) is 6.54 Å². The van der Waals surface area contributed by atoms with E-state index in [4.69, 9.17) is 4.42 Å². The minimum Gasteiger partial charge on any atom is -0.401 e. The number of nitrogens with one attached hydrogen (secondary N) is 1. The van der Waals surface area contributed by atoms with E-state index < -0.39 is 4.92 Å². The Balaban J connectivity index is 2.38. The van der Waals surface area contributed by atoms with Gasteiger partial charge in [0.1, 0.15) is 10.7 Å². The highest BCUT2D eigenvalue weighted by Crippen LogP contribution is 2.16. The highest BCUT2D eigenvalue weighted by atomic mass is 16.6. The zero-order valence-corrected chi connectivity index (χ0v) is 10.2. The molecule has 0 aliphatic heterocycles. The van der Waals surface area contributed by atoms with Crippen molar-refractivity contribution in [3.8, 4) is 0 Å². The molecule has 0 unspecified atom stereocenters. The molecular formula is C12H16N2O4. The van der Waals surface area contributed by atoms with E-state index in [9.17, 15) is 14.9 Å². The predicted molar refractivity (Wildman–Crippen MR) is 66.9 cm³/mol. The van der Waals surface area contributed by atoms with Crippen LogP contribution in [0.3, 0.4) is 0 Å². The molecule has 0 saturated carbocycles. The van der Waals surface area contributed by atoms with Crippen LogP contribution in [0.15, 0.2) is 22.6 Å². The van der Waals surface area contributed by atoms with Crippen LogP contribution in [-0.4, -0.2) is 17.4 Å². The average Bonchev–Trinajstić information content (AvgIpc) is 2.81. The molecule has 1 aromatic heterocycles. The summed E-state index contributed by atoms with van der Waals surface area (Å²) in [6.07, 6.45) is 5.83. The second-order valence-electron chi connectivity index (χ2n) is 3.76. The molecule has 1 amide bonds. The summed E-state index contributed by atoms with van der Waals surface area (Å²) in [6, 6.07) is 2.69. The van der Waals surface area contributed by atoms with Crippen molar-refractivity contribution in [2.24, 2.45) is 0 Å². The number of hydrogen-bond acceptors (Lipinski definition) is 4. The van der Waals surface area contributed by atoms with Crippen LogP contribution in [0.5, 0.6) is 0 Å². The number of nitrogens with zero attached hydrogens (tertiary/aromatic N) is 1. The lowest BCUT2D eigenvalue weighted by Gasteiger charge is -1.99. The smallest absolute Gasteiger partial charge is 0.401 e. The molecule has 0 aromatic carbocycles. The highest BCUT2D eigenvalue weighted by molar-refractivity contribution is 5.91. The average molecular weight is 252 g/mol. The summed E-state index contributed by atoms with van der Waals surface area (Å²) in [5.74, 6) is -0.284. The third kappa shape index (κ3) is 4.82. The first-order chi connectivity index (χ1) is 8.63. The normalized spacial score (nSPS) is 10.7. The maximum atomic E-state index is 11.3. The van der Waals surface area contributed by atoms with Crippen molar-refractivity contribution >= 4 is 17.9 Å². The van der Waals surface area contributed by atoms with Gasteiger partial charge in [0.15, 0.2) is 0 Å². The summed E-state index contributed by atoms with van der Waals surface area (Å²) >= 11 is 0. The molecule has 6 nitrogen and oxygen atoms in total. The van der Waals surface area contributed by atoms with Crippen LogP contribution < -0.4 is 5.32 Å². The van der Waals surface area contributed by atoms with Crippen molar-refractivity contribution in [2.75, 3.05) is 6.54 Å². The van der Waals surface area contributed by atoms with Crippen molar-refractivity contribution in [1.82, 2.24) is 5.32 Å². The molecule has 0 saturated heterocycles. The molecule has 0 aliphatic carbocycles. The summed E-state index contributed by atoms with van der Waals surface area (Å²) in [5.41, 5.74) is 0. The molecule has 1 rings (SSSR count). The number of carbonyl (C=O) groups excluding carboxylic acids is 1. The lowest BCUT2D eigenvalue weighted by Crippen LogP contribution is -2.21. The van der Waals surface area contributed by atoms with Gasteiger partial charge in [-0.05, 0) is 18.6 Å². The Labute approximate surface area is 105 Å². The Morgan fingerprint density at radius 1 is 1.50 bits per heavy atom. The number of hydrogen-bond donors (Lipinski definition) is 1. The monoisotopic (exact) mass is 252 g/mol. The van der Waals surface area contributed by atoms with E-state index >= 15 is 0 Å². The van der Waals surface area contributed by atoms with Crippen LogP contribution in [0.1, 0.15) is 31.9 Å². The van der Waals surface area contributed by atoms with Gasteiger partial charge in [0.2, 0.25) is 5.91 Å². The summed E-state index contributed by atoms with van der Waals surface area (Å²) < 4.78 is 4.87. The fourth-order valence-electron chi connectivity index (χ4n) is 1.33. The van der Waals surface area contributed by atoms with Crippen molar-refractivity contribution in [1.29, 1.82) is 0 Å². The summed E-state index contributed by atoms with van der Waals surface area (Å²) in [7, 11) is 0. The van der Waals surface area contributed by atoms with Crippen LogP contribution in [0.4, 0.5) is 5.88 Å². The Bertz CT molecular complexity index is 437. The van der Waals surface area contributed by atoms with Gasteiger partial charge in [-0.15, -0.1) is 0 Å². The minimum atomic E-state index is -0.623. The number of unbranched alkanes of at least 4 members (excludes halogenated alkanes) is 2. The SMILES string of the molecule is CCCCCNC(=O)C=Cc1ccc([N+](=O)[O-])o1. The molecule has 0 fully saturated rings. The Kier molecular flexibility index (Phi) is 5.63. The molecule has 0 atom stereocenters. The van der Waals surface area contributed by atoms with E-state index in [1.807, 2.05) is 0 Å². The standard InChI is InChI=1S/C12H16N2O4/c1-2-3-4-9-13-11(15)7-5-10-6-8-12(18-10)14(16)17/h5-8H,2-4,9H2,1H3,(H,13,15). The van der Waals surface area contributed by atoms with Crippen molar-refractivity contribution in [3.05, 3.63) is 34.1 Å². The van der Waals surface area contributed by atoms with Gasteiger partial charge in [0.05, 0.1) is 6.07 Å². The summed E-state index contributed by atoms with van der Waals surface area (Å²) in [4.78, 5) is 21.1. The number of amides is 1. The fraction of sp³-hybridized carbons (Fsp3) is 0.417. The van der Waals surface area contributed by atoms with Crippen LogP contribution >= 0.6 is 0 Å². The highest BCUT2D eigenvalue weighted by Gasteiger charge is 2.09. The molecule has 0 spiro atoms. The molecule has 0 radical (unpaired) electrons. The van der Waals surface area contributed by atoms with Gasteiger partial charge in [-0.2, -0.15) is 0 Å². The molecule has 0 bridgehead atoms. The van der Waals surface area contributed by atoms with Crippen LogP contribution in [0.25, 0.3) is 6.08 Å². The maximum absolute atomic E-state index is 11.3. The van der Waals surface area contributed by atoms with Gasteiger partial charge in [-0.1, -0.05) is 19.8 Å². The predicted octanol–water partition coefficient (Wildman–Crippen LogP) is 2.51. The first kappa shape index (κ1) is 14.0. The third-order valence-corrected chi connectivity index (χ3v) is 2.27. The Morgan fingerprint density at radius 3 is 2.89 bits per heavy atom. The van der Waals surface area contributed by atoms with Crippen LogP contribution in [0, 0.1) is 10.1 Å². The van der Waals surface area contributed by atoms with Crippen LogP contribution in [0.2, 0.25) is 0 Å². The number of rotatable bonds is 7. The lowest BCUT2D eigenvalue weighted by atomic mass is 10.2.